The van der Waals surface area contributed by atoms with Crippen LogP contribution in [0, 0.1) is 5.82 Å². The van der Waals surface area contributed by atoms with Crippen molar-refractivity contribution in [2.75, 3.05) is 19.8 Å². The summed E-state index contributed by atoms with van der Waals surface area (Å²) in [6.07, 6.45) is 2.36. The number of halogens is 2. The van der Waals surface area contributed by atoms with E-state index in [9.17, 15) is 9.18 Å². The van der Waals surface area contributed by atoms with E-state index in [1.807, 2.05) is 0 Å². The standard InChI is InChI=1S/C15H16ClFO3/c1-3-20-15-11(9(2)18)8-12(16)14(17)13(15)10-4-6-19-7-5-10/h4,8H,3,5-7H2,1-2H3. The molecule has 1 aliphatic heterocycles. The molecule has 0 unspecified atom stereocenters. The van der Waals surface area contributed by atoms with Gasteiger partial charge in [0, 0.05) is 0 Å². The number of ether oxygens (including phenoxy) is 2. The fourth-order valence-electron chi connectivity index (χ4n) is 2.21. The Morgan fingerprint density at radius 2 is 2.30 bits per heavy atom. The van der Waals surface area contributed by atoms with Crippen LogP contribution >= 0.6 is 11.6 Å². The molecule has 0 radical (unpaired) electrons. The Morgan fingerprint density at radius 1 is 1.55 bits per heavy atom. The fraction of sp³-hybridized carbons (Fsp3) is 0.400. The van der Waals surface area contributed by atoms with E-state index in [1.165, 1.54) is 13.0 Å². The van der Waals surface area contributed by atoms with Gasteiger partial charge >= 0.3 is 0 Å². The Morgan fingerprint density at radius 3 is 2.85 bits per heavy atom. The van der Waals surface area contributed by atoms with Gasteiger partial charge in [-0.15, -0.1) is 0 Å². The predicted octanol–water partition coefficient (Wildman–Crippen LogP) is 3.88. The summed E-state index contributed by atoms with van der Waals surface area (Å²) in [6, 6.07) is 1.33. The van der Waals surface area contributed by atoms with Crippen molar-refractivity contribution in [2.24, 2.45) is 0 Å². The Hall–Kier alpha value is -1.39. The summed E-state index contributed by atoms with van der Waals surface area (Å²) >= 11 is 5.91. The van der Waals surface area contributed by atoms with Crippen LogP contribution in [0.3, 0.4) is 0 Å². The summed E-state index contributed by atoms with van der Waals surface area (Å²) in [7, 11) is 0. The molecule has 0 spiro atoms. The third-order valence-electron chi connectivity index (χ3n) is 3.12. The molecule has 5 heteroatoms. The maximum Gasteiger partial charge on any atom is 0.163 e. The highest BCUT2D eigenvalue weighted by Crippen LogP contribution is 2.38. The number of hydrogen-bond donors (Lipinski definition) is 0. The van der Waals surface area contributed by atoms with Gasteiger partial charge in [-0.25, -0.2) is 4.39 Å². The van der Waals surface area contributed by atoms with Crippen LogP contribution in [0.15, 0.2) is 12.1 Å². The zero-order chi connectivity index (χ0) is 14.7. The van der Waals surface area contributed by atoms with E-state index in [1.54, 1.807) is 13.0 Å². The van der Waals surface area contributed by atoms with E-state index in [2.05, 4.69) is 0 Å². The maximum atomic E-state index is 14.4. The summed E-state index contributed by atoms with van der Waals surface area (Å²) < 4.78 is 25.2. The second-order valence-corrected chi connectivity index (χ2v) is 4.87. The Bertz CT molecular complexity index is 567. The topological polar surface area (TPSA) is 35.5 Å². The average Bonchev–Trinajstić information content (AvgIpc) is 2.44. The van der Waals surface area contributed by atoms with Crippen molar-refractivity contribution in [1.29, 1.82) is 0 Å². The number of benzene rings is 1. The Balaban J connectivity index is 2.68. The number of carbonyl (C=O) groups is 1. The first-order valence-corrected chi connectivity index (χ1v) is 6.87. The van der Waals surface area contributed by atoms with Gasteiger partial charge < -0.3 is 9.47 Å². The molecule has 1 heterocycles. The molecule has 0 bridgehead atoms. The lowest BCUT2D eigenvalue weighted by Gasteiger charge is -2.20. The zero-order valence-electron chi connectivity index (χ0n) is 11.5. The van der Waals surface area contributed by atoms with Crippen LogP contribution in [0.1, 0.15) is 36.2 Å². The first kappa shape index (κ1) is 15.0. The molecule has 0 saturated heterocycles. The lowest BCUT2D eigenvalue weighted by Crippen LogP contribution is -2.10. The minimum atomic E-state index is -0.548. The molecule has 0 aromatic heterocycles. The minimum absolute atomic E-state index is 0.0685. The molecule has 0 N–H and O–H groups in total. The lowest BCUT2D eigenvalue weighted by molar-refractivity contribution is 0.101. The van der Waals surface area contributed by atoms with Crippen molar-refractivity contribution in [3.05, 3.63) is 34.1 Å². The summed E-state index contributed by atoms with van der Waals surface area (Å²) in [5.41, 5.74) is 1.36. The SMILES string of the molecule is CCOc1c(C(C)=O)cc(Cl)c(F)c1C1=CCOCC1. The quantitative estimate of drug-likeness (QED) is 0.791. The van der Waals surface area contributed by atoms with Crippen molar-refractivity contribution < 1.29 is 18.7 Å². The van der Waals surface area contributed by atoms with Crippen LogP contribution in [0.4, 0.5) is 4.39 Å². The van der Waals surface area contributed by atoms with E-state index in [0.29, 0.717) is 31.8 Å². The highest BCUT2D eigenvalue weighted by atomic mass is 35.5. The van der Waals surface area contributed by atoms with E-state index in [0.717, 1.165) is 5.57 Å². The summed E-state index contributed by atoms with van der Waals surface area (Å²) in [5, 5.41) is -0.0685. The number of rotatable bonds is 4. The molecule has 0 atom stereocenters. The van der Waals surface area contributed by atoms with Crippen LogP contribution in [0.25, 0.3) is 5.57 Å². The number of ketones is 1. The van der Waals surface area contributed by atoms with Crippen molar-refractivity contribution >= 4 is 23.0 Å². The second kappa shape index (κ2) is 6.37. The normalized spacial score (nSPS) is 14.9. The summed E-state index contributed by atoms with van der Waals surface area (Å²) in [5.74, 6) is -0.479. The third-order valence-corrected chi connectivity index (χ3v) is 3.40. The monoisotopic (exact) mass is 298 g/mol. The van der Waals surface area contributed by atoms with Crippen molar-refractivity contribution in [1.82, 2.24) is 0 Å². The minimum Gasteiger partial charge on any atom is -0.492 e. The first-order valence-electron chi connectivity index (χ1n) is 6.49. The van der Waals surface area contributed by atoms with Gasteiger partial charge in [0.15, 0.2) is 11.6 Å². The molecule has 1 aliphatic rings. The van der Waals surface area contributed by atoms with Gasteiger partial charge in [0.2, 0.25) is 0 Å². The van der Waals surface area contributed by atoms with Crippen LogP contribution < -0.4 is 4.74 Å². The molecule has 3 nitrogen and oxygen atoms in total. The molecule has 1 aromatic rings. The number of Topliss-reactive ketones (excluding diaryl/α,β-unsaturated/α-hetero) is 1. The van der Waals surface area contributed by atoms with Crippen molar-refractivity contribution in [2.45, 2.75) is 20.3 Å². The third kappa shape index (κ3) is 2.86. The van der Waals surface area contributed by atoms with Crippen molar-refractivity contribution in [3.63, 3.8) is 0 Å². The predicted molar refractivity (Wildman–Crippen MR) is 76.0 cm³/mol. The van der Waals surface area contributed by atoms with E-state index in [4.69, 9.17) is 21.1 Å². The van der Waals surface area contributed by atoms with Gasteiger partial charge in [-0.2, -0.15) is 0 Å². The van der Waals surface area contributed by atoms with Gasteiger partial charge in [0.25, 0.3) is 0 Å². The average molecular weight is 299 g/mol. The van der Waals surface area contributed by atoms with E-state index >= 15 is 0 Å². The van der Waals surface area contributed by atoms with Crippen molar-refractivity contribution in [3.8, 4) is 5.75 Å². The molecule has 2 rings (SSSR count). The molecule has 108 valence electrons. The fourth-order valence-corrected chi connectivity index (χ4v) is 2.41. The highest BCUT2D eigenvalue weighted by molar-refractivity contribution is 6.31. The lowest BCUT2D eigenvalue weighted by atomic mass is 9.96. The number of carbonyl (C=O) groups excluding carboxylic acids is 1. The summed E-state index contributed by atoms with van der Waals surface area (Å²) in [4.78, 5) is 11.7. The molecule has 0 aliphatic carbocycles. The largest absolute Gasteiger partial charge is 0.492 e. The van der Waals surface area contributed by atoms with Crippen LogP contribution in [0.5, 0.6) is 5.75 Å². The van der Waals surface area contributed by atoms with Gasteiger partial charge in [-0.3, -0.25) is 4.79 Å². The van der Waals surface area contributed by atoms with Gasteiger partial charge in [-0.05, 0) is 31.9 Å². The molecule has 0 saturated carbocycles. The second-order valence-electron chi connectivity index (χ2n) is 4.47. The molecule has 1 aromatic carbocycles. The van der Waals surface area contributed by atoms with E-state index < -0.39 is 5.82 Å². The highest BCUT2D eigenvalue weighted by Gasteiger charge is 2.24. The first-order chi connectivity index (χ1) is 9.56. The molecule has 0 fully saturated rings. The summed E-state index contributed by atoms with van der Waals surface area (Å²) in [6.45, 7) is 4.48. The van der Waals surface area contributed by atoms with Crippen LogP contribution in [-0.2, 0) is 4.74 Å². The van der Waals surface area contributed by atoms with Crippen LogP contribution in [0.2, 0.25) is 5.02 Å². The molecular weight excluding hydrogens is 283 g/mol. The van der Waals surface area contributed by atoms with Gasteiger partial charge in [-0.1, -0.05) is 17.7 Å². The van der Waals surface area contributed by atoms with Crippen LogP contribution in [-0.4, -0.2) is 25.6 Å². The smallest absolute Gasteiger partial charge is 0.163 e. The zero-order valence-corrected chi connectivity index (χ0v) is 12.2. The maximum absolute atomic E-state index is 14.4. The molecule has 0 amide bonds. The number of hydrogen-bond acceptors (Lipinski definition) is 3. The Labute approximate surface area is 122 Å². The Kier molecular flexibility index (Phi) is 4.78. The van der Waals surface area contributed by atoms with Gasteiger partial charge in [0.05, 0.1) is 36.0 Å². The van der Waals surface area contributed by atoms with E-state index in [-0.39, 0.29) is 22.1 Å². The molecule has 20 heavy (non-hydrogen) atoms. The van der Waals surface area contributed by atoms with Gasteiger partial charge in [0.1, 0.15) is 5.75 Å². The molecular formula is C15H16ClFO3.